The topological polar surface area (TPSA) is 43.9 Å². The Labute approximate surface area is 209 Å². The molecule has 4 rings (SSSR count). The number of likely N-dealkylation sites (N-methyl/N-ethyl adjacent to an activating group) is 1. The molecule has 7 heteroatoms. The van der Waals surface area contributed by atoms with Crippen LogP contribution in [0.5, 0.6) is 0 Å². The monoisotopic (exact) mass is 461 g/mol. The van der Waals surface area contributed by atoms with Crippen molar-refractivity contribution in [2.75, 3.05) is 53.5 Å². The second-order valence-corrected chi connectivity index (χ2v) is 9.13. The fourth-order valence-electron chi connectivity index (χ4n) is 2.96. The lowest BCUT2D eigenvalue weighted by molar-refractivity contribution is 0.156. The van der Waals surface area contributed by atoms with Gasteiger partial charge in [0.1, 0.15) is 0 Å². The minimum Gasteiger partial charge on any atom is -0.304 e. The molecule has 0 N–H and O–H groups in total. The summed E-state index contributed by atoms with van der Waals surface area (Å²) in [5, 5.41) is 0. The number of piperazine rings is 1. The molecule has 160 valence electrons. The number of rotatable bonds is 5. The van der Waals surface area contributed by atoms with Crippen LogP contribution in [0.25, 0.3) is 5.57 Å². The molecule has 5 nitrogen and oxygen atoms in total. The largest absolute Gasteiger partial charge is 0.304 e. The summed E-state index contributed by atoms with van der Waals surface area (Å²) in [6, 6.07) is 9.44. The second kappa shape index (κ2) is 8.85. The van der Waals surface area contributed by atoms with Gasteiger partial charge in [-0.05, 0) is 54.4 Å². The Morgan fingerprint density at radius 2 is 1.90 bits per heavy atom. The van der Waals surface area contributed by atoms with E-state index in [1.54, 1.807) is 24.3 Å². The molecule has 0 amide bonds. The first-order chi connectivity index (χ1) is 21.4. The predicted octanol–water partition coefficient (Wildman–Crippen LogP) is 3.47. The number of fused-ring (bicyclic) bond motifs is 2. The molecular formula is C23H29N3O2S2. The highest BCUT2D eigenvalue weighted by molar-refractivity contribution is 7.99. The molecule has 2 aliphatic rings. The van der Waals surface area contributed by atoms with Crippen molar-refractivity contribution < 1.29 is 33.1 Å². The Kier molecular flexibility index (Phi) is 2.57. The third-order valence-corrected chi connectivity index (χ3v) is 6.85. The van der Waals surface area contributed by atoms with Gasteiger partial charge in [0.2, 0.25) is 10.0 Å². The van der Waals surface area contributed by atoms with Crippen molar-refractivity contribution in [2.45, 2.75) is 21.1 Å². The third-order valence-electron chi connectivity index (χ3n) is 4.37. The van der Waals surface area contributed by atoms with Gasteiger partial charge in [0.25, 0.3) is 0 Å². The van der Waals surface area contributed by atoms with Crippen LogP contribution in [0, 0.1) is 0 Å². The van der Waals surface area contributed by atoms with Gasteiger partial charge in [-0.2, -0.15) is 0 Å². The van der Waals surface area contributed by atoms with Crippen LogP contribution in [0.4, 0.5) is 0 Å². The average Bonchev–Trinajstić information content (AvgIpc) is 2.87. The zero-order valence-corrected chi connectivity index (χ0v) is 17.1. The molecule has 0 aromatic heterocycles. The van der Waals surface area contributed by atoms with E-state index >= 15 is 0 Å². The summed E-state index contributed by atoms with van der Waals surface area (Å²) >= 11 is 1.15. The molecule has 0 radical (unpaired) electrons. The summed E-state index contributed by atoms with van der Waals surface area (Å²) in [5.74, 6) is 0. The normalized spacial score (nSPS) is 36.3. The molecule has 0 unspecified atom stereocenters. The highest BCUT2D eigenvalue weighted by Crippen LogP contribution is 2.46. The zero-order chi connectivity index (χ0) is 36.8. The SMILES string of the molecule is [2H]/C(CCN1C([2H])([2H])C([2H])([2H])N(C([2H])([2H])[2H])C([2H])([2H])C1([2H])[2H])=C1\c2ccccc2Sc2ccc(S(=O)(=O)N(C([2H])([2H])[2H])C([2H])([2H])[2H])cc21. The third kappa shape index (κ3) is 4.36. The summed E-state index contributed by atoms with van der Waals surface area (Å²) in [4.78, 5) is -0.0673. The van der Waals surface area contributed by atoms with Gasteiger partial charge in [-0.25, -0.2) is 12.7 Å². The first kappa shape index (κ1) is 8.71. The van der Waals surface area contributed by atoms with E-state index in [1.807, 2.05) is 0 Å². The van der Waals surface area contributed by atoms with E-state index in [1.165, 1.54) is 6.07 Å². The number of sulfonamides is 1. The maximum absolute atomic E-state index is 13.5. The van der Waals surface area contributed by atoms with E-state index in [9.17, 15) is 8.42 Å². The van der Waals surface area contributed by atoms with Crippen molar-refractivity contribution in [1.82, 2.24) is 14.1 Å². The molecule has 2 aromatic rings. The van der Waals surface area contributed by atoms with Crippen molar-refractivity contribution in [3.8, 4) is 0 Å². The van der Waals surface area contributed by atoms with E-state index in [0.29, 0.717) is 15.4 Å². The molecular weight excluding hydrogens is 414 g/mol. The molecule has 0 saturated carbocycles. The lowest BCUT2D eigenvalue weighted by Gasteiger charge is -2.32. The maximum atomic E-state index is 13.5. The van der Waals surface area contributed by atoms with Gasteiger partial charge in [-0.3, -0.25) is 0 Å². The van der Waals surface area contributed by atoms with Crippen LogP contribution in [-0.2, 0) is 10.0 Å². The molecule has 0 aliphatic carbocycles. The van der Waals surface area contributed by atoms with Gasteiger partial charge in [0.15, 0.2) is 0 Å². The lowest BCUT2D eigenvalue weighted by Crippen LogP contribution is -2.44. The van der Waals surface area contributed by atoms with Crippen LogP contribution in [0.15, 0.2) is 63.2 Å². The van der Waals surface area contributed by atoms with Gasteiger partial charge >= 0.3 is 0 Å². The van der Waals surface area contributed by atoms with Crippen LogP contribution in [0.3, 0.4) is 0 Å². The molecule has 2 aliphatic heterocycles. The standard InChI is InChI=1S/C23H29N3O2S2/c1-24(2)30(27,28)18-10-11-23-21(17-18)19(20-7-4-5-9-22(20)29-23)8-6-12-26-15-13-25(3)14-16-26/h4-5,7-11,17H,6,12-16H2,1-3H3/b19-8-/i1D3,2D3,3D3,8D,13D2,14D2,15D2,16D2. The van der Waals surface area contributed by atoms with Gasteiger partial charge < -0.3 is 9.80 Å². The van der Waals surface area contributed by atoms with Crippen molar-refractivity contribution in [3.05, 3.63) is 59.6 Å². The highest BCUT2D eigenvalue weighted by atomic mass is 32.2. The van der Waals surface area contributed by atoms with Crippen LogP contribution >= 0.6 is 11.8 Å². The zero-order valence-electron chi connectivity index (χ0n) is 33.4. The smallest absolute Gasteiger partial charge is 0.242 e. The van der Waals surface area contributed by atoms with E-state index in [2.05, 4.69) is 0 Å². The fourth-order valence-corrected chi connectivity index (χ4v) is 4.74. The molecule has 0 bridgehead atoms. The number of nitrogens with zero attached hydrogens (tertiary/aromatic N) is 3. The minimum atomic E-state index is -5.21. The number of benzene rings is 2. The highest BCUT2D eigenvalue weighted by Gasteiger charge is 2.25. The van der Waals surface area contributed by atoms with Crippen molar-refractivity contribution in [3.63, 3.8) is 0 Å². The lowest BCUT2D eigenvalue weighted by atomic mass is 9.96. The van der Waals surface area contributed by atoms with Crippen molar-refractivity contribution in [1.29, 1.82) is 0 Å². The Morgan fingerprint density at radius 3 is 2.67 bits per heavy atom. The minimum absolute atomic E-state index is 0.0268. The quantitative estimate of drug-likeness (QED) is 0.582. The Hall–Kier alpha value is -1.64. The fraction of sp³-hybridized carbons (Fsp3) is 0.391. The van der Waals surface area contributed by atoms with Crippen LogP contribution in [0.2, 0.25) is 0 Å². The molecule has 2 aromatic carbocycles. The Bertz CT molecular complexity index is 1690. The molecule has 1 saturated heterocycles. The summed E-state index contributed by atoms with van der Waals surface area (Å²) < 4.78 is 171. The summed E-state index contributed by atoms with van der Waals surface area (Å²) in [6.07, 6.45) is -0.597. The van der Waals surface area contributed by atoms with Crippen LogP contribution in [-0.4, -0.2) is 76.0 Å². The molecule has 0 spiro atoms. The first-order valence-corrected chi connectivity index (χ1v) is 10.9. The predicted molar refractivity (Wildman–Crippen MR) is 124 cm³/mol. The van der Waals surface area contributed by atoms with Gasteiger partial charge in [0.05, 0.1) is 6.27 Å². The summed E-state index contributed by atoms with van der Waals surface area (Å²) in [6.45, 7) is -25.8. The van der Waals surface area contributed by atoms with Crippen LogP contribution in [0.1, 0.15) is 42.2 Å². The van der Waals surface area contributed by atoms with E-state index in [0.717, 1.165) is 23.9 Å². The summed E-state index contributed by atoms with van der Waals surface area (Å²) in [5.41, 5.74) is 0.436. The maximum Gasteiger partial charge on any atom is 0.242 e. The number of hydrogen-bond acceptors (Lipinski definition) is 5. The first-order valence-electron chi connectivity index (χ1n) is 17.7. The second-order valence-electron chi connectivity index (χ2n) is 6.26. The summed E-state index contributed by atoms with van der Waals surface area (Å²) in [7, 11) is -5.21. The van der Waals surface area contributed by atoms with Crippen molar-refractivity contribution in [2.24, 2.45) is 0 Å². The molecule has 0 atom stereocenters. The average molecular weight is 462 g/mol. The molecule has 1 fully saturated rings. The van der Waals surface area contributed by atoms with Gasteiger partial charge in [-0.15, -0.1) is 0 Å². The van der Waals surface area contributed by atoms with Crippen molar-refractivity contribution >= 4 is 27.4 Å². The Balaban J connectivity index is 1.87. The van der Waals surface area contributed by atoms with E-state index in [-0.39, 0.29) is 22.1 Å². The molecule has 30 heavy (non-hydrogen) atoms. The van der Waals surface area contributed by atoms with Gasteiger partial charge in [0, 0.05) is 79.6 Å². The number of hydrogen-bond donors (Lipinski definition) is 0. The molecule has 2 heterocycles. The van der Waals surface area contributed by atoms with E-state index in [4.69, 9.17) is 24.7 Å². The van der Waals surface area contributed by atoms with E-state index < -0.39 is 84.0 Å². The van der Waals surface area contributed by atoms with Crippen LogP contribution < -0.4 is 0 Å². The van der Waals surface area contributed by atoms with Gasteiger partial charge in [-0.1, -0.05) is 36.0 Å². The Morgan fingerprint density at radius 1 is 1.13 bits per heavy atom.